The largest absolute Gasteiger partial charge is 0.379 e. The minimum absolute atomic E-state index is 0.119. The lowest BCUT2D eigenvalue weighted by molar-refractivity contribution is 0.0370. The van der Waals surface area contributed by atoms with Crippen molar-refractivity contribution in [3.8, 4) is 0 Å². The van der Waals surface area contributed by atoms with E-state index in [-0.39, 0.29) is 11.3 Å². The number of ketones is 1. The summed E-state index contributed by atoms with van der Waals surface area (Å²) in [6.45, 7) is 3.74. The molecule has 1 aromatic rings. The van der Waals surface area contributed by atoms with Crippen molar-refractivity contribution in [3.05, 3.63) is 34.6 Å². The molecular weight excluding hydrogens is 257 g/mol. The van der Waals surface area contributed by atoms with Crippen molar-refractivity contribution < 1.29 is 13.9 Å². The van der Waals surface area contributed by atoms with Gasteiger partial charge in [-0.2, -0.15) is 0 Å². The van der Waals surface area contributed by atoms with E-state index in [0.717, 1.165) is 13.1 Å². The van der Waals surface area contributed by atoms with Crippen molar-refractivity contribution in [1.29, 1.82) is 0 Å². The Bertz CT molecular complexity index is 433. The molecule has 1 aliphatic heterocycles. The van der Waals surface area contributed by atoms with Gasteiger partial charge in [0, 0.05) is 31.6 Å². The average molecular weight is 272 g/mol. The van der Waals surface area contributed by atoms with Gasteiger partial charge in [-0.25, -0.2) is 4.39 Å². The molecule has 1 saturated heterocycles. The van der Waals surface area contributed by atoms with Crippen molar-refractivity contribution >= 4 is 17.4 Å². The van der Waals surface area contributed by atoms with E-state index in [1.807, 2.05) is 0 Å². The summed E-state index contributed by atoms with van der Waals surface area (Å²) in [5.41, 5.74) is 0.268. The van der Waals surface area contributed by atoms with Gasteiger partial charge in [-0.15, -0.1) is 0 Å². The number of nitrogens with zero attached hydrogens (tertiary/aromatic N) is 1. The van der Waals surface area contributed by atoms with E-state index in [4.69, 9.17) is 16.3 Å². The molecule has 0 unspecified atom stereocenters. The highest BCUT2D eigenvalue weighted by Gasteiger charge is 2.15. The molecule has 0 aliphatic carbocycles. The summed E-state index contributed by atoms with van der Waals surface area (Å²) in [7, 11) is 0. The fourth-order valence-electron chi connectivity index (χ4n) is 1.93. The SMILES string of the molecule is O=C(CCN1CCOCC1)c1cc(F)ccc1Cl. The summed E-state index contributed by atoms with van der Waals surface area (Å²) >= 11 is 5.89. The minimum atomic E-state index is -0.436. The first kappa shape index (κ1) is 13.5. The summed E-state index contributed by atoms with van der Waals surface area (Å²) in [6, 6.07) is 3.87. The van der Waals surface area contributed by atoms with Crippen LogP contribution < -0.4 is 0 Å². The van der Waals surface area contributed by atoms with Gasteiger partial charge in [0.15, 0.2) is 5.78 Å². The highest BCUT2D eigenvalue weighted by molar-refractivity contribution is 6.33. The summed E-state index contributed by atoms with van der Waals surface area (Å²) < 4.78 is 18.3. The third-order valence-corrected chi connectivity index (χ3v) is 3.32. The van der Waals surface area contributed by atoms with Gasteiger partial charge in [-0.1, -0.05) is 11.6 Å². The summed E-state index contributed by atoms with van der Waals surface area (Å²) in [5, 5.41) is 0.309. The van der Waals surface area contributed by atoms with Gasteiger partial charge in [0.2, 0.25) is 0 Å². The van der Waals surface area contributed by atoms with Crippen LogP contribution in [0.5, 0.6) is 0 Å². The minimum Gasteiger partial charge on any atom is -0.379 e. The number of halogens is 2. The molecule has 0 aromatic heterocycles. The van der Waals surface area contributed by atoms with Gasteiger partial charge >= 0.3 is 0 Å². The van der Waals surface area contributed by atoms with Crippen LogP contribution in [0.15, 0.2) is 18.2 Å². The number of carbonyl (C=O) groups excluding carboxylic acids is 1. The van der Waals surface area contributed by atoms with E-state index in [0.29, 0.717) is 31.2 Å². The smallest absolute Gasteiger partial charge is 0.165 e. The Morgan fingerprint density at radius 3 is 2.83 bits per heavy atom. The van der Waals surface area contributed by atoms with E-state index in [1.165, 1.54) is 18.2 Å². The Morgan fingerprint density at radius 1 is 1.39 bits per heavy atom. The van der Waals surface area contributed by atoms with Crippen molar-refractivity contribution in [2.24, 2.45) is 0 Å². The monoisotopic (exact) mass is 271 g/mol. The third-order valence-electron chi connectivity index (χ3n) is 2.99. The topological polar surface area (TPSA) is 29.5 Å². The molecule has 98 valence electrons. The lowest BCUT2D eigenvalue weighted by atomic mass is 10.1. The molecule has 0 radical (unpaired) electrons. The van der Waals surface area contributed by atoms with Gasteiger partial charge in [0.05, 0.1) is 18.2 Å². The molecule has 0 atom stereocenters. The van der Waals surface area contributed by atoms with E-state index in [9.17, 15) is 9.18 Å². The lowest BCUT2D eigenvalue weighted by Gasteiger charge is -2.26. The van der Waals surface area contributed by atoms with Gasteiger partial charge < -0.3 is 4.74 Å². The first-order valence-corrected chi connectivity index (χ1v) is 6.33. The van der Waals surface area contributed by atoms with Crippen LogP contribution in [0.2, 0.25) is 5.02 Å². The van der Waals surface area contributed by atoms with Crippen LogP contribution in [-0.4, -0.2) is 43.5 Å². The van der Waals surface area contributed by atoms with Crippen LogP contribution in [0.3, 0.4) is 0 Å². The fourth-order valence-corrected chi connectivity index (χ4v) is 2.15. The molecule has 1 heterocycles. The number of ether oxygens (including phenoxy) is 1. The second-order valence-electron chi connectivity index (χ2n) is 4.25. The van der Waals surface area contributed by atoms with Crippen molar-refractivity contribution in [1.82, 2.24) is 4.90 Å². The molecular formula is C13H15ClFNO2. The quantitative estimate of drug-likeness (QED) is 0.788. The highest BCUT2D eigenvalue weighted by atomic mass is 35.5. The van der Waals surface area contributed by atoms with Crippen molar-refractivity contribution in [2.45, 2.75) is 6.42 Å². The lowest BCUT2D eigenvalue weighted by Crippen LogP contribution is -2.37. The van der Waals surface area contributed by atoms with Crippen LogP contribution in [0, 0.1) is 5.82 Å². The maximum atomic E-state index is 13.1. The number of hydrogen-bond donors (Lipinski definition) is 0. The number of Topliss-reactive ketones (excluding diaryl/α,β-unsaturated/α-hetero) is 1. The normalized spacial score (nSPS) is 16.8. The number of hydrogen-bond acceptors (Lipinski definition) is 3. The third kappa shape index (κ3) is 3.51. The van der Waals surface area contributed by atoms with Gasteiger partial charge in [-0.3, -0.25) is 9.69 Å². The van der Waals surface area contributed by atoms with Gasteiger partial charge in [-0.05, 0) is 18.2 Å². The molecule has 2 rings (SSSR count). The zero-order valence-corrected chi connectivity index (χ0v) is 10.8. The molecule has 0 spiro atoms. The second-order valence-corrected chi connectivity index (χ2v) is 4.66. The Morgan fingerprint density at radius 2 is 2.11 bits per heavy atom. The van der Waals surface area contributed by atoms with E-state index in [2.05, 4.69) is 4.90 Å². The standard InChI is InChI=1S/C13H15ClFNO2/c14-12-2-1-10(15)9-11(12)13(17)3-4-16-5-7-18-8-6-16/h1-2,9H,3-8H2. The Balaban J connectivity index is 1.92. The molecule has 0 amide bonds. The Kier molecular flexibility index (Phi) is 4.69. The first-order chi connectivity index (χ1) is 8.66. The molecule has 3 nitrogen and oxygen atoms in total. The Labute approximate surface area is 110 Å². The van der Waals surface area contributed by atoms with E-state index >= 15 is 0 Å². The molecule has 0 saturated carbocycles. The molecule has 1 aliphatic rings. The average Bonchev–Trinajstić information content (AvgIpc) is 2.40. The number of carbonyl (C=O) groups is 1. The number of rotatable bonds is 4. The van der Waals surface area contributed by atoms with Crippen LogP contribution in [0.1, 0.15) is 16.8 Å². The van der Waals surface area contributed by atoms with Crippen LogP contribution in [0.25, 0.3) is 0 Å². The van der Waals surface area contributed by atoms with E-state index < -0.39 is 5.82 Å². The zero-order chi connectivity index (χ0) is 13.0. The van der Waals surface area contributed by atoms with Crippen LogP contribution in [0.4, 0.5) is 4.39 Å². The summed E-state index contributed by atoms with van der Waals surface area (Å²) in [6.07, 6.45) is 0.350. The zero-order valence-electron chi connectivity index (χ0n) is 9.99. The number of benzene rings is 1. The molecule has 1 aromatic carbocycles. The predicted molar refractivity (Wildman–Crippen MR) is 67.6 cm³/mol. The van der Waals surface area contributed by atoms with Gasteiger partial charge in [0.1, 0.15) is 5.82 Å². The maximum Gasteiger partial charge on any atom is 0.165 e. The summed E-state index contributed by atoms with van der Waals surface area (Å²) in [5.74, 6) is -0.555. The first-order valence-electron chi connectivity index (χ1n) is 5.95. The second kappa shape index (κ2) is 6.27. The molecule has 1 fully saturated rings. The molecule has 18 heavy (non-hydrogen) atoms. The molecule has 0 bridgehead atoms. The van der Waals surface area contributed by atoms with Crippen molar-refractivity contribution in [2.75, 3.05) is 32.8 Å². The highest BCUT2D eigenvalue weighted by Crippen LogP contribution is 2.18. The predicted octanol–water partition coefficient (Wildman–Crippen LogP) is 2.38. The molecule has 5 heteroatoms. The fraction of sp³-hybridized carbons (Fsp3) is 0.462. The number of morpholine rings is 1. The Hall–Kier alpha value is -0.970. The van der Waals surface area contributed by atoms with Gasteiger partial charge in [0.25, 0.3) is 0 Å². The summed E-state index contributed by atoms with van der Waals surface area (Å²) in [4.78, 5) is 14.1. The van der Waals surface area contributed by atoms with Crippen molar-refractivity contribution in [3.63, 3.8) is 0 Å². The maximum absolute atomic E-state index is 13.1. The van der Waals surface area contributed by atoms with E-state index in [1.54, 1.807) is 0 Å². The molecule has 0 N–H and O–H groups in total. The van der Waals surface area contributed by atoms with Crippen LogP contribution >= 0.6 is 11.6 Å². The van der Waals surface area contributed by atoms with Crippen LogP contribution in [-0.2, 0) is 4.74 Å².